The summed E-state index contributed by atoms with van der Waals surface area (Å²) in [5.74, 6) is -9.56. The number of hydrogen-bond donors (Lipinski definition) is 1. The minimum Gasteiger partial charge on any atom is -0.324 e. The SMILES string of the molecule is O=C(CCC(F)(F)C(F)(F)F)c1c(Cl)ccc(NC(=O)C2C(c3ccc(F)c(Cl)c3)C2(Cl)Cl)c1Cl. The van der Waals surface area contributed by atoms with E-state index in [4.69, 9.17) is 58.0 Å². The first kappa shape index (κ1) is 28.2. The maximum atomic E-state index is 13.4. The van der Waals surface area contributed by atoms with Crippen LogP contribution in [0.5, 0.6) is 0 Å². The second-order valence-electron chi connectivity index (χ2n) is 7.70. The maximum Gasteiger partial charge on any atom is 0.453 e. The highest BCUT2D eigenvalue weighted by atomic mass is 35.5. The number of alkyl halides is 7. The molecule has 0 aromatic heterocycles. The Kier molecular flexibility index (Phi) is 7.91. The van der Waals surface area contributed by atoms with E-state index in [1.807, 2.05) is 0 Å². The van der Waals surface area contributed by atoms with Crippen molar-refractivity contribution in [2.75, 3.05) is 5.32 Å². The van der Waals surface area contributed by atoms with E-state index in [-0.39, 0.29) is 15.7 Å². The van der Waals surface area contributed by atoms with Crippen molar-refractivity contribution >= 4 is 75.4 Å². The van der Waals surface area contributed by atoms with Crippen LogP contribution in [0.15, 0.2) is 30.3 Å². The number of amides is 1. The van der Waals surface area contributed by atoms with Crippen molar-refractivity contribution in [2.24, 2.45) is 5.92 Å². The summed E-state index contributed by atoms with van der Waals surface area (Å²) in [5.41, 5.74) is -0.339. The van der Waals surface area contributed by atoms with Crippen LogP contribution in [-0.2, 0) is 4.79 Å². The lowest BCUT2D eigenvalue weighted by molar-refractivity contribution is -0.283. The molecule has 0 saturated heterocycles. The van der Waals surface area contributed by atoms with Gasteiger partial charge in [-0.2, -0.15) is 22.0 Å². The van der Waals surface area contributed by atoms with Crippen LogP contribution in [0.25, 0.3) is 0 Å². The number of carbonyl (C=O) groups excluding carboxylic acids is 2. The molecule has 1 aliphatic rings. The molecule has 190 valence electrons. The fourth-order valence-corrected chi connectivity index (χ4v) is 5.07. The molecule has 0 heterocycles. The van der Waals surface area contributed by atoms with E-state index in [9.17, 15) is 35.9 Å². The summed E-state index contributed by atoms with van der Waals surface area (Å²) >= 11 is 30.3. The number of Topliss-reactive ketones (excluding diaryl/α,β-unsaturated/α-hetero) is 1. The highest BCUT2D eigenvalue weighted by molar-refractivity contribution is 6.53. The first-order valence-corrected chi connectivity index (χ1v) is 11.5. The van der Waals surface area contributed by atoms with Gasteiger partial charge in [0.05, 0.1) is 32.2 Å². The summed E-state index contributed by atoms with van der Waals surface area (Å²) in [6.45, 7) is 0. The molecular weight excluding hydrogens is 589 g/mol. The summed E-state index contributed by atoms with van der Waals surface area (Å²) in [6, 6.07) is 5.99. The zero-order valence-corrected chi connectivity index (χ0v) is 20.7. The Morgan fingerprint density at radius 3 is 2.17 bits per heavy atom. The van der Waals surface area contributed by atoms with E-state index >= 15 is 0 Å². The van der Waals surface area contributed by atoms with Gasteiger partial charge in [-0.25, -0.2) is 4.39 Å². The van der Waals surface area contributed by atoms with Crippen LogP contribution in [0.1, 0.15) is 34.7 Å². The quantitative estimate of drug-likeness (QED) is 0.197. The molecule has 3 rings (SSSR count). The Morgan fingerprint density at radius 1 is 0.971 bits per heavy atom. The fraction of sp³-hybridized carbons (Fsp3) is 0.333. The van der Waals surface area contributed by atoms with Crippen molar-refractivity contribution < 1.29 is 35.9 Å². The van der Waals surface area contributed by atoms with Gasteiger partial charge in [0.15, 0.2) is 5.78 Å². The molecule has 0 bridgehead atoms. The fourth-order valence-electron chi connectivity index (χ4n) is 3.43. The average Bonchev–Trinajstić information content (AvgIpc) is 3.32. The molecule has 0 aliphatic heterocycles. The Bertz CT molecular complexity index is 1190. The first-order chi connectivity index (χ1) is 16.0. The van der Waals surface area contributed by atoms with E-state index in [0.29, 0.717) is 5.56 Å². The summed E-state index contributed by atoms with van der Waals surface area (Å²) in [6.07, 6.45) is -8.86. The second-order valence-corrected chi connectivity index (χ2v) is 10.3. The van der Waals surface area contributed by atoms with Gasteiger partial charge in [0, 0.05) is 18.8 Å². The lowest BCUT2D eigenvalue weighted by atomic mass is 10.0. The standard InChI is InChI=1S/C21H12Cl5F6NO2/c22-9-2-4-12(17(24)14(9)13(34)5-6-19(28,29)21(30,31)32)33-18(35)16-15(20(16,25)26)8-1-3-11(27)10(23)7-8/h1-4,7,15-16H,5-6H2,(H,33,35). The Balaban J connectivity index is 1.79. The summed E-state index contributed by atoms with van der Waals surface area (Å²) in [7, 11) is 0. The van der Waals surface area contributed by atoms with E-state index in [2.05, 4.69) is 5.32 Å². The molecule has 1 aliphatic carbocycles. The molecular formula is C21H12Cl5F6NO2. The number of hydrogen-bond acceptors (Lipinski definition) is 2. The van der Waals surface area contributed by atoms with Gasteiger partial charge in [-0.15, -0.1) is 23.2 Å². The summed E-state index contributed by atoms with van der Waals surface area (Å²) in [4.78, 5) is 25.2. The predicted octanol–water partition coefficient (Wildman–Crippen LogP) is 8.47. The highest BCUT2D eigenvalue weighted by Crippen LogP contribution is 2.65. The highest BCUT2D eigenvalue weighted by Gasteiger charge is 2.67. The maximum absolute atomic E-state index is 13.4. The van der Waals surface area contributed by atoms with Crippen molar-refractivity contribution in [3.63, 3.8) is 0 Å². The molecule has 2 aromatic carbocycles. The zero-order chi connectivity index (χ0) is 26.5. The van der Waals surface area contributed by atoms with Gasteiger partial charge in [0.1, 0.15) is 10.2 Å². The van der Waals surface area contributed by atoms with Gasteiger partial charge >= 0.3 is 12.1 Å². The second kappa shape index (κ2) is 9.82. The lowest BCUT2D eigenvalue weighted by Gasteiger charge is -2.19. The van der Waals surface area contributed by atoms with Gasteiger partial charge < -0.3 is 5.32 Å². The molecule has 2 atom stereocenters. The van der Waals surface area contributed by atoms with Crippen LogP contribution in [0.3, 0.4) is 0 Å². The van der Waals surface area contributed by atoms with E-state index in [0.717, 1.165) is 12.1 Å². The van der Waals surface area contributed by atoms with Crippen molar-refractivity contribution in [3.05, 3.63) is 62.3 Å². The van der Waals surface area contributed by atoms with Gasteiger partial charge in [-0.3, -0.25) is 9.59 Å². The molecule has 2 aromatic rings. The van der Waals surface area contributed by atoms with Crippen molar-refractivity contribution in [1.29, 1.82) is 0 Å². The number of ketones is 1. The van der Waals surface area contributed by atoms with Crippen LogP contribution in [0.4, 0.5) is 32.0 Å². The molecule has 35 heavy (non-hydrogen) atoms. The van der Waals surface area contributed by atoms with E-state index in [1.165, 1.54) is 18.2 Å². The Labute approximate surface area is 219 Å². The van der Waals surface area contributed by atoms with Crippen LogP contribution < -0.4 is 5.32 Å². The number of halogens is 11. The first-order valence-electron chi connectivity index (χ1n) is 9.58. The minimum absolute atomic E-state index is 0.182. The molecule has 1 N–H and O–H groups in total. The Hall–Kier alpha value is -1.39. The monoisotopic (exact) mass is 599 g/mol. The number of nitrogens with one attached hydrogen (secondary N) is 1. The van der Waals surface area contributed by atoms with Gasteiger partial charge in [-0.05, 0) is 29.8 Å². The minimum atomic E-state index is -5.83. The Morgan fingerprint density at radius 2 is 1.60 bits per heavy atom. The molecule has 1 amide bonds. The third-order valence-corrected chi connectivity index (χ3v) is 7.28. The normalized spacial score (nSPS) is 19.4. The molecule has 14 heteroatoms. The number of rotatable bonds is 7. The number of carbonyl (C=O) groups is 2. The molecule has 0 spiro atoms. The zero-order valence-electron chi connectivity index (χ0n) is 16.9. The third-order valence-electron chi connectivity index (χ3n) is 5.35. The molecule has 0 radical (unpaired) electrons. The third kappa shape index (κ3) is 5.64. The van der Waals surface area contributed by atoms with Gasteiger partial charge in [0.2, 0.25) is 5.91 Å². The van der Waals surface area contributed by atoms with Crippen LogP contribution >= 0.6 is 58.0 Å². The lowest BCUT2D eigenvalue weighted by Crippen LogP contribution is -2.36. The van der Waals surface area contributed by atoms with Crippen LogP contribution in [0, 0.1) is 11.7 Å². The smallest absolute Gasteiger partial charge is 0.324 e. The molecule has 3 nitrogen and oxygen atoms in total. The molecule has 1 saturated carbocycles. The average molecular weight is 602 g/mol. The van der Waals surface area contributed by atoms with Crippen molar-refractivity contribution in [2.45, 2.75) is 35.2 Å². The van der Waals surface area contributed by atoms with Crippen LogP contribution in [-0.4, -0.2) is 28.1 Å². The summed E-state index contributed by atoms with van der Waals surface area (Å²) < 4.78 is 75.4. The van der Waals surface area contributed by atoms with Crippen molar-refractivity contribution in [1.82, 2.24) is 0 Å². The van der Waals surface area contributed by atoms with Crippen LogP contribution in [0.2, 0.25) is 15.1 Å². The molecule has 1 fully saturated rings. The number of anilines is 1. The number of benzene rings is 2. The molecule has 2 unspecified atom stereocenters. The van der Waals surface area contributed by atoms with E-state index < -0.39 is 69.2 Å². The van der Waals surface area contributed by atoms with Crippen molar-refractivity contribution in [3.8, 4) is 0 Å². The topological polar surface area (TPSA) is 46.2 Å². The largest absolute Gasteiger partial charge is 0.453 e. The predicted molar refractivity (Wildman–Crippen MR) is 122 cm³/mol. The van der Waals surface area contributed by atoms with Gasteiger partial charge in [-0.1, -0.05) is 40.9 Å². The summed E-state index contributed by atoms with van der Waals surface area (Å²) in [5, 5.41) is 1.39. The van der Waals surface area contributed by atoms with Gasteiger partial charge in [0.25, 0.3) is 0 Å². The van der Waals surface area contributed by atoms with E-state index in [1.54, 1.807) is 0 Å².